The summed E-state index contributed by atoms with van der Waals surface area (Å²) in [6, 6.07) is 40.0. The number of pyridine rings is 1. The summed E-state index contributed by atoms with van der Waals surface area (Å²) in [4.78, 5) is 20.7. The van der Waals surface area contributed by atoms with E-state index in [0.29, 0.717) is 5.69 Å². The van der Waals surface area contributed by atoms with Crippen molar-refractivity contribution in [1.82, 2.24) is 4.98 Å². The molecule has 0 unspecified atom stereocenters. The van der Waals surface area contributed by atoms with Gasteiger partial charge in [0.25, 0.3) is 5.91 Å². The Kier molecular flexibility index (Phi) is 6.23. The van der Waals surface area contributed by atoms with Crippen molar-refractivity contribution in [3.8, 4) is 22.4 Å². The summed E-state index contributed by atoms with van der Waals surface area (Å²) >= 11 is 0. The topological polar surface area (TPSA) is 33.2 Å². The average Bonchev–Trinajstić information content (AvgIpc) is 2.91. The molecule has 0 fully saturated rings. The molecule has 0 saturated heterocycles. The molecule has 0 bridgehead atoms. The fourth-order valence-corrected chi connectivity index (χ4v) is 4.08. The molecule has 0 atom stereocenters. The number of aryl methyl sites for hydroxylation is 2. The van der Waals surface area contributed by atoms with E-state index in [9.17, 15) is 4.79 Å². The van der Waals surface area contributed by atoms with Crippen LogP contribution < -0.4 is 4.90 Å². The number of carbonyl (C=O) groups excluding carboxylic acids is 1. The fraction of sp³-hybridized carbons (Fsp3) is 0.0625. The van der Waals surface area contributed by atoms with Gasteiger partial charge in [0.1, 0.15) is 5.69 Å². The standard InChI is InChI=1S/C32H26N2O/c1-23-13-17-28(18-14-23)34(29-19-15-24(2)16-20-29)32(35)31-22-27(25-9-5-3-6-10-25)21-30(33-31)26-11-7-4-8-12-26/h3-22H,1-2H3. The molecule has 35 heavy (non-hydrogen) atoms. The van der Waals surface area contributed by atoms with Crippen LogP contribution in [0, 0.1) is 13.8 Å². The van der Waals surface area contributed by atoms with Crippen molar-refractivity contribution in [2.45, 2.75) is 13.8 Å². The first-order valence-corrected chi connectivity index (χ1v) is 11.7. The predicted octanol–water partition coefficient (Wildman–Crippen LogP) is 8.01. The lowest BCUT2D eigenvalue weighted by Gasteiger charge is -2.24. The van der Waals surface area contributed by atoms with Crippen LogP contribution in [0.5, 0.6) is 0 Å². The Morgan fingerprint density at radius 3 is 1.57 bits per heavy atom. The molecular weight excluding hydrogens is 428 g/mol. The van der Waals surface area contributed by atoms with Crippen LogP contribution in [0.3, 0.4) is 0 Å². The monoisotopic (exact) mass is 454 g/mol. The summed E-state index contributed by atoms with van der Waals surface area (Å²) in [7, 11) is 0. The minimum Gasteiger partial charge on any atom is -0.276 e. The SMILES string of the molecule is Cc1ccc(N(C(=O)c2cc(-c3ccccc3)cc(-c3ccccc3)n2)c2ccc(C)cc2)cc1. The fourth-order valence-electron chi connectivity index (χ4n) is 4.08. The van der Waals surface area contributed by atoms with Crippen molar-refractivity contribution in [2.24, 2.45) is 0 Å². The van der Waals surface area contributed by atoms with Crippen LogP contribution in [0.2, 0.25) is 0 Å². The zero-order chi connectivity index (χ0) is 24.2. The van der Waals surface area contributed by atoms with Gasteiger partial charge in [0.2, 0.25) is 0 Å². The summed E-state index contributed by atoms with van der Waals surface area (Å²) < 4.78 is 0. The van der Waals surface area contributed by atoms with Gasteiger partial charge in [0.15, 0.2) is 0 Å². The van der Waals surface area contributed by atoms with E-state index in [1.165, 1.54) is 0 Å². The average molecular weight is 455 g/mol. The number of hydrogen-bond acceptors (Lipinski definition) is 2. The number of amides is 1. The smallest absolute Gasteiger partial charge is 0.276 e. The molecule has 170 valence electrons. The Bertz CT molecular complexity index is 1340. The van der Waals surface area contributed by atoms with Crippen molar-refractivity contribution in [3.05, 3.63) is 138 Å². The number of hydrogen-bond donors (Lipinski definition) is 0. The van der Waals surface area contributed by atoms with Gasteiger partial charge in [0, 0.05) is 16.9 Å². The molecule has 3 nitrogen and oxygen atoms in total. The third kappa shape index (κ3) is 4.90. The second-order valence-corrected chi connectivity index (χ2v) is 8.67. The molecule has 3 heteroatoms. The third-order valence-electron chi connectivity index (χ3n) is 6.01. The van der Waals surface area contributed by atoms with Gasteiger partial charge >= 0.3 is 0 Å². The zero-order valence-corrected chi connectivity index (χ0v) is 19.8. The number of nitrogens with zero attached hydrogens (tertiary/aromatic N) is 2. The summed E-state index contributed by atoms with van der Waals surface area (Å²) in [6.07, 6.45) is 0. The van der Waals surface area contributed by atoms with E-state index >= 15 is 0 Å². The predicted molar refractivity (Wildman–Crippen MR) is 144 cm³/mol. The Balaban J connectivity index is 1.67. The maximum atomic E-state index is 14.1. The molecule has 1 aromatic heterocycles. The summed E-state index contributed by atoms with van der Waals surface area (Å²) in [5.74, 6) is -0.173. The Labute approximate surface area is 206 Å². The molecule has 0 aliphatic carbocycles. The molecule has 4 aromatic carbocycles. The van der Waals surface area contributed by atoms with Crippen molar-refractivity contribution in [3.63, 3.8) is 0 Å². The van der Waals surface area contributed by atoms with Gasteiger partial charge in [-0.25, -0.2) is 4.98 Å². The maximum Gasteiger partial charge on any atom is 0.281 e. The van der Waals surface area contributed by atoms with E-state index in [-0.39, 0.29) is 5.91 Å². The first-order valence-electron chi connectivity index (χ1n) is 11.7. The minimum absolute atomic E-state index is 0.173. The summed E-state index contributed by atoms with van der Waals surface area (Å²) in [5.41, 5.74) is 8.01. The van der Waals surface area contributed by atoms with E-state index in [2.05, 4.69) is 12.1 Å². The first-order chi connectivity index (χ1) is 17.1. The molecule has 0 radical (unpaired) electrons. The molecule has 0 aliphatic heterocycles. The van der Waals surface area contributed by atoms with Crippen LogP contribution in [0.15, 0.2) is 121 Å². The van der Waals surface area contributed by atoms with Crippen LogP contribution in [0.4, 0.5) is 11.4 Å². The molecule has 0 spiro atoms. The quantitative estimate of drug-likeness (QED) is 0.269. The summed E-state index contributed by atoms with van der Waals surface area (Å²) in [5, 5.41) is 0. The Morgan fingerprint density at radius 2 is 1.06 bits per heavy atom. The Hall–Kier alpha value is -4.50. The minimum atomic E-state index is -0.173. The van der Waals surface area contributed by atoms with Gasteiger partial charge in [-0.05, 0) is 61.4 Å². The van der Waals surface area contributed by atoms with Crippen molar-refractivity contribution in [1.29, 1.82) is 0 Å². The first kappa shape index (κ1) is 22.3. The Morgan fingerprint density at radius 1 is 0.571 bits per heavy atom. The van der Waals surface area contributed by atoms with Crippen LogP contribution in [-0.4, -0.2) is 10.9 Å². The number of carbonyl (C=O) groups is 1. The van der Waals surface area contributed by atoms with Crippen molar-refractivity contribution < 1.29 is 4.79 Å². The molecule has 0 aliphatic rings. The highest BCUT2D eigenvalue weighted by atomic mass is 16.2. The molecule has 1 heterocycles. The van der Waals surface area contributed by atoms with Gasteiger partial charge < -0.3 is 0 Å². The second-order valence-electron chi connectivity index (χ2n) is 8.67. The lowest BCUT2D eigenvalue weighted by molar-refractivity contribution is 0.0994. The number of aromatic nitrogens is 1. The van der Waals surface area contributed by atoms with E-state index in [1.54, 1.807) is 4.90 Å². The highest BCUT2D eigenvalue weighted by Crippen LogP contribution is 2.31. The number of anilines is 2. The lowest BCUT2D eigenvalue weighted by Crippen LogP contribution is -2.27. The number of benzene rings is 4. The molecule has 5 aromatic rings. The highest BCUT2D eigenvalue weighted by molar-refractivity contribution is 6.10. The summed E-state index contributed by atoms with van der Waals surface area (Å²) in [6.45, 7) is 4.08. The van der Waals surface area contributed by atoms with E-state index in [1.807, 2.05) is 123 Å². The van der Waals surface area contributed by atoms with Gasteiger partial charge in [-0.15, -0.1) is 0 Å². The molecule has 1 amide bonds. The molecule has 0 N–H and O–H groups in total. The largest absolute Gasteiger partial charge is 0.281 e. The molecular formula is C32H26N2O. The van der Waals surface area contributed by atoms with E-state index in [0.717, 1.165) is 44.9 Å². The van der Waals surface area contributed by atoms with Crippen LogP contribution in [0.1, 0.15) is 21.6 Å². The normalized spacial score (nSPS) is 10.7. The van der Waals surface area contributed by atoms with Gasteiger partial charge in [-0.3, -0.25) is 9.69 Å². The van der Waals surface area contributed by atoms with E-state index in [4.69, 9.17) is 4.98 Å². The number of rotatable bonds is 5. The van der Waals surface area contributed by atoms with Gasteiger partial charge in [0.05, 0.1) is 5.69 Å². The molecule has 0 saturated carbocycles. The second kappa shape index (κ2) is 9.78. The highest BCUT2D eigenvalue weighted by Gasteiger charge is 2.22. The van der Waals surface area contributed by atoms with Crippen LogP contribution in [-0.2, 0) is 0 Å². The van der Waals surface area contributed by atoms with Crippen molar-refractivity contribution >= 4 is 17.3 Å². The lowest BCUT2D eigenvalue weighted by atomic mass is 10.0. The third-order valence-corrected chi connectivity index (χ3v) is 6.01. The molecule has 5 rings (SSSR count). The van der Waals surface area contributed by atoms with Crippen LogP contribution >= 0.6 is 0 Å². The van der Waals surface area contributed by atoms with Crippen LogP contribution in [0.25, 0.3) is 22.4 Å². The van der Waals surface area contributed by atoms with Crippen molar-refractivity contribution in [2.75, 3.05) is 4.90 Å². The van der Waals surface area contributed by atoms with Gasteiger partial charge in [-0.2, -0.15) is 0 Å². The van der Waals surface area contributed by atoms with E-state index < -0.39 is 0 Å². The zero-order valence-electron chi connectivity index (χ0n) is 19.8. The maximum absolute atomic E-state index is 14.1. The van der Waals surface area contributed by atoms with Gasteiger partial charge in [-0.1, -0.05) is 96.1 Å².